The van der Waals surface area contributed by atoms with E-state index in [2.05, 4.69) is 33.9 Å². The lowest BCUT2D eigenvalue weighted by atomic mass is 9.96. The first-order valence-electron chi connectivity index (χ1n) is 14.3. The summed E-state index contributed by atoms with van der Waals surface area (Å²) in [5.74, 6) is 0.0952. The molecule has 212 valence electrons. The highest BCUT2D eigenvalue weighted by Gasteiger charge is 2.32. The molecule has 41 heavy (non-hydrogen) atoms. The highest BCUT2D eigenvalue weighted by Crippen LogP contribution is 2.38. The molecule has 7 rings (SSSR count). The fourth-order valence-corrected chi connectivity index (χ4v) is 6.83. The summed E-state index contributed by atoms with van der Waals surface area (Å²) in [5, 5.41) is 3.73. The van der Waals surface area contributed by atoms with Crippen LogP contribution in [-0.2, 0) is 17.9 Å². The minimum atomic E-state index is -0.348. The second-order valence-corrected chi connectivity index (χ2v) is 11.7. The number of imidazole rings is 1. The number of hydrogen-bond donors (Lipinski definition) is 1. The molecule has 0 saturated carbocycles. The Balaban J connectivity index is 1.23. The van der Waals surface area contributed by atoms with Gasteiger partial charge in [-0.15, -0.1) is 0 Å². The third-order valence-corrected chi connectivity index (χ3v) is 8.72. The monoisotopic (exact) mass is 555 g/mol. The van der Waals surface area contributed by atoms with Gasteiger partial charge in [0.25, 0.3) is 5.91 Å². The predicted molar refractivity (Wildman–Crippen MR) is 156 cm³/mol. The van der Waals surface area contributed by atoms with Crippen molar-refractivity contribution in [3.63, 3.8) is 0 Å². The molecule has 6 heterocycles. The second-order valence-electron chi connectivity index (χ2n) is 11.7. The molecule has 3 aliphatic heterocycles. The van der Waals surface area contributed by atoms with Crippen molar-refractivity contribution in [2.24, 2.45) is 5.92 Å². The quantitative estimate of drug-likeness (QED) is 0.417. The van der Waals surface area contributed by atoms with Crippen LogP contribution in [0.3, 0.4) is 0 Å². The smallest absolute Gasteiger partial charge is 0.320 e. The van der Waals surface area contributed by atoms with E-state index in [4.69, 9.17) is 0 Å². The largest absolute Gasteiger partial charge is 0.348 e. The average molecular weight is 556 g/mol. The fraction of sp³-hybridized carbons (Fsp3) is 0.387. The number of piperidine rings is 1. The van der Waals surface area contributed by atoms with Crippen molar-refractivity contribution in [3.8, 4) is 0 Å². The molecule has 0 spiro atoms. The van der Waals surface area contributed by atoms with Crippen molar-refractivity contribution >= 4 is 39.6 Å². The SMILES string of the molecule is CN(C)CC1CCN(C(=O)N2CCn3cc(C4=C(c5cnc6ccccn56)C(=O)NC4)c4cc(F)cc(c43)C2)CC1. The summed E-state index contributed by atoms with van der Waals surface area (Å²) in [6.45, 7) is 4.39. The van der Waals surface area contributed by atoms with Gasteiger partial charge in [0.05, 0.1) is 23.0 Å². The Kier molecular flexibility index (Phi) is 6.30. The van der Waals surface area contributed by atoms with E-state index in [1.54, 1.807) is 18.3 Å². The lowest BCUT2D eigenvalue weighted by Crippen LogP contribution is -2.47. The molecule has 9 nitrogen and oxygen atoms in total. The zero-order valence-corrected chi connectivity index (χ0v) is 23.4. The zero-order valence-electron chi connectivity index (χ0n) is 23.4. The van der Waals surface area contributed by atoms with Crippen LogP contribution in [0.1, 0.15) is 29.7 Å². The number of nitrogens with zero attached hydrogens (tertiary/aromatic N) is 6. The van der Waals surface area contributed by atoms with Crippen molar-refractivity contribution < 1.29 is 14.0 Å². The number of carbonyl (C=O) groups excluding carboxylic acids is 2. The van der Waals surface area contributed by atoms with Crippen molar-refractivity contribution in [1.82, 2.24) is 34.0 Å². The molecule has 1 aromatic carbocycles. The van der Waals surface area contributed by atoms with Crippen LogP contribution >= 0.6 is 0 Å². The summed E-state index contributed by atoms with van der Waals surface area (Å²) in [5.41, 5.74) is 5.39. The molecule has 1 N–H and O–H groups in total. The molecule has 0 aliphatic carbocycles. The Morgan fingerprint density at radius 3 is 2.76 bits per heavy atom. The number of amides is 3. The van der Waals surface area contributed by atoms with Crippen LogP contribution in [0.15, 0.2) is 48.9 Å². The maximum Gasteiger partial charge on any atom is 0.320 e. The number of rotatable bonds is 4. The number of nitrogens with one attached hydrogen (secondary N) is 1. The van der Waals surface area contributed by atoms with Crippen molar-refractivity contribution in [3.05, 3.63) is 71.6 Å². The molecule has 4 aromatic rings. The Bertz CT molecular complexity index is 1710. The maximum absolute atomic E-state index is 15.2. The Morgan fingerprint density at radius 2 is 1.95 bits per heavy atom. The Labute approximate surface area is 237 Å². The van der Waals surface area contributed by atoms with Crippen LogP contribution in [-0.4, -0.2) is 87.4 Å². The third-order valence-electron chi connectivity index (χ3n) is 8.72. The molecule has 0 radical (unpaired) electrons. The van der Waals surface area contributed by atoms with E-state index in [1.807, 2.05) is 44.8 Å². The number of halogens is 1. The molecule has 1 fully saturated rings. The van der Waals surface area contributed by atoms with Crippen LogP contribution in [0.25, 0.3) is 27.7 Å². The van der Waals surface area contributed by atoms with E-state index in [0.717, 1.165) is 65.7 Å². The van der Waals surface area contributed by atoms with Gasteiger partial charge in [-0.05, 0) is 68.3 Å². The topological polar surface area (TPSA) is 78.1 Å². The van der Waals surface area contributed by atoms with E-state index >= 15 is 4.39 Å². The highest BCUT2D eigenvalue weighted by molar-refractivity contribution is 6.31. The van der Waals surface area contributed by atoms with E-state index in [0.29, 0.717) is 43.4 Å². The highest BCUT2D eigenvalue weighted by atomic mass is 19.1. The lowest BCUT2D eigenvalue weighted by molar-refractivity contribution is -0.114. The average Bonchev–Trinajstić information content (AvgIpc) is 3.61. The number of urea groups is 1. The van der Waals surface area contributed by atoms with Gasteiger partial charge in [0.2, 0.25) is 0 Å². The molecule has 3 amide bonds. The number of hydrogen-bond acceptors (Lipinski definition) is 4. The van der Waals surface area contributed by atoms with Gasteiger partial charge in [0.1, 0.15) is 11.5 Å². The van der Waals surface area contributed by atoms with Crippen LogP contribution < -0.4 is 5.32 Å². The van der Waals surface area contributed by atoms with E-state index < -0.39 is 0 Å². The molecule has 0 bridgehead atoms. The summed E-state index contributed by atoms with van der Waals surface area (Å²) in [6.07, 6.45) is 7.64. The van der Waals surface area contributed by atoms with Gasteiger partial charge in [0, 0.05) is 69.2 Å². The number of fused-ring (bicyclic) bond motifs is 1. The predicted octanol–water partition coefficient (Wildman–Crippen LogP) is 3.68. The number of carbonyl (C=O) groups is 2. The van der Waals surface area contributed by atoms with Gasteiger partial charge in [0.15, 0.2) is 0 Å². The summed E-state index contributed by atoms with van der Waals surface area (Å²) in [6, 6.07) is 8.85. The minimum Gasteiger partial charge on any atom is -0.348 e. The molecule has 0 atom stereocenters. The summed E-state index contributed by atoms with van der Waals surface area (Å²) >= 11 is 0. The molecule has 1 saturated heterocycles. The number of pyridine rings is 1. The Hall–Kier alpha value is -4.18. The standard InChI is InChI=1S/C31H34FN7O2/c1-35(2)17-20-6-9-36(10-7-20)31(41)38-12-11-37-19-25(23-14-22(32)13-21(18-38)29(23)37)24-15-34-30(40)28(24)26-16-33-27-5-3-4-8-39(26)27/h3-5,8,13-14,16,19-20H,6-7,9-12,15,17-18H2,1-2H3,(H,34,40). The number of benzene rings is 1. The maximum atomic E-state index is 15.2. The zero-order chi connectivity index (χ0) is 28.2. The fourth-order valence-electron chi connectivity index (χ4n) is 6.83. The first kappa shape index (κ1) is 25.8. The van der Waals surface area contributed by atoms with Gasteiger partial charge in [-0.1, -0.05) is 6.07 Å². The van der Waals surface area contributed by atoms with E-state index in [1.165, 1.54) is 0 Å². The first-order chi connectivity index (χ1) is 19.9. The normalized spacial score (nSPS) is 18.2. The van der Waals surface area contributed by atoms with Gasteiger partial charge in [-0.2, -0.15) is 0 Å². The minimum absolute atomic E-state index is 0.0277. The van der Waals surface area contributed by atoms with Crippen LogP contribution in [0.4, 0.5) is 9.18 Å². The van der Waals surface area contributed by atoms with E-state index in [-0.39, 0.29) is 17.8 Å². The Morgan fingerprint density at radius 1 is 1.12 bits per heavy atom. The van der Waals surface area contributed by atoms with Crippen molar-refractivity contribution in [2.75, 3.05) is 46.8 Å². The molecular formula is C31H34FN7O2. The van der Waals surface area contributed by atoms with Crippen molar-refractivity contribution in [2.45, 2.75) is 25.9 Å². The molecule has 10 heteroatoms. The van der Waals surface area contributed by atoms with E-state index in [9.17, 15) is 9.59 Å². The van der Waals surface area contributed by atoms with Crippen LogP contribution in [0.2, 0.25) is 0 Å². The molecular weight excluding hydrogens is 521 g/mol. The third kappa shape index (κ3) is 4.46. The number of aromatic nitrogens is 3. The molecule has 3 aromatic heterocycles. The van der Waals surface area contributed by atoms with Crippen LogP contribution in [0, 0.1) is 11.7 Å². The summed E-state index contributed by atoms with van der Waals surface area (Å²) in [7, 11) is 4.18. The molecule has 3 aliphatic rings. The van der Waals surface area contributed by atoms with Gasteiger partial charge in [-0.25, -0.2) is 14.2 Å². The van der Waals surface area contributed by atoms with Gasteiger partial charge in [-0.3, -0.25) is 9.20 Å². The second kappa shape index (κ2) is 10.0. The van der Waals surface area contributed by atoms with Gasteiger partial charge >= 0.3 is 6.03 Å². The molecule has 0 unspecified atom stereocenters. The van der Waals surface area contributed by atoms with Crippen molar-refractivity contribution in [1.29, 1.82) is 0 Å². The first-order valence-corrected chi connectivity index (χ1v) is 14.3. The lowest BCUT2D eigenvalue weighted by Gasteiger charge is -2.36. The van der Waals surface area contributed by atoms with Gasteiger partial charge < -0.3 is 24.6 Å². The van der Waals surface area contributed by atoms with Crippen LogP contribution in [0.5, 0.6) is 0 Å². The summed E-state index contributed by atoms with van der Waals surface area (Å²) in [4.78, 5) is 37.2. The summed E-state index contributed by atoms with van der Waals surface area (Å²) < 4.78 is 19.2. The number of likely N-dealkylation sites (tertiary alicyclic amines) is 1.